The molecule has 0 radical (unpaired) electrons. The molecule has 0 unspecified atom stereocenters. The number of ether oxygens (including phenoxy) is 1. The summed E-state index contributed by atoms with van der Waals surface area (Å²) in [5.41, 5.74) is 0.659. The first-order chi connectivity index (χ1) is 9.39. The summed E-state index contributed by atoms with van der Waals surface area (Å²) in [6.45, 7) is 3.55. The second-order valence-corrected chi connectivity index (χ2v) is 5.30. The Bertz CT molecular complexity index is 472. The Labute approximate surface area is 123 Å². The molecule has 5 nitrogen and oxygen atoms in total. The highest BCUT2D eigenvalue weighted by Crippen LogP contribution is 2.21. The van der Waals surface area contributed by atoms with Gasteiger partial charge in [0.25, 0.3) is 0 Å². The third-order valence-corrected chi connectivity index (χ3v) is 3.32. The van der Waals surface area contributed by atoms with Crippen LogP contribution in [0.3, 0.4) is 0 Å². The summed E-state index contributed by atoms with van der Waals surface area (Å²) in [4.78, 5) is 23.3. The number of methoxy groups -OCH3 is 1. The Kier molecular flexibility index (Phi) is 5.98. The molecule has 0 saturated carbocycles. The number of alkyl halides is 1. The van der Waals surface area contributed by atoms with E-state index in [1.165, 1.54) is 7.11 Å². The topological polar surface area (TPSA) is 67.4 Å². The Balaban J connectivity index is 2.63. The Morgan fingerprint density at radius 2 is 1.65 bits per heavy atom. The van der Waals surface area contributed by atoms with Gasteiger partial charge in [0.15, 0.2) is 0 Å². The molecule has 0 aliphatic carbocycles. The number of amides is 2. The van der Waals surface area contributed by atoms with Crippen LogP contribution in [-0.4, -0.2) is 31.4 Å². The highest BCUT2D eigenvalue weighted by atomic mass is 35.5. The van der Waals surface area contributed by atoms with Crippen molar-refractivity contribution in [3.63, 3.8) is 0 Å². The van der Waals surface area contributed by atoms with Crippen molar-refractivity contribution in [2.24, 2.45) is 5.41 Å². The smallest absolute Gasteiger partial charge is 0.250 e. The van der Waals surface area contributed by atoms with E-state index >= 15 is 0 Å². The standard InChI is InChI=1S/C14H19ClN2O3/c1-14(2,9-15)13(19)17-11-6-4-10(5-7-11)16-12(18)8-20-3/h4-7H,8-9H2,1-3H3,(H,16,18)(H,17,19). The second kappa shape index (κ2) is 7.26. The number of hydrogen-bond donors (Lipinski definition) is 2. The minimum atomic E-state index is -0.632. The second-order valence-electron chi connectivity index (χ2n) is 5.03. The quantitative estimate of drug-likeness (QED) is 0.793. The molecule has 2 N–H and O–H groups in total. The van der Waals surface area contributed by atoms with E-state index in [-0.39, 0.29) is 24.3 Å². The molecule has 0 spiro atoms. The van der Waals surface area contributed by atoms with Gasteiger partial charge in [0.1, 0.15) is 6.61 Å². The third-order valence-electron chi connectivity index (χ3n) is 2.65. The highest BCUT2D eigenvalue weighted by Gasteiger charge is 2.26. The first kappa shape index (κ1) is 16.5. The van der Waals surface area contributed by atoms with Crippen molar-refractivity contribution in [2.45, 2.75) is 13.8 Å². The van der Waals surface area contributed by atoms with Crippen LogP contribution in [0, 0.1) is 5.41 Å². The van der Waals surface area contributed by atoms with Crippen molar-refractivity contribution in [1.29, 1.82) is 0 Å². The molecule has 0 fully saturated rings. The van der Waals surface area contributed by atoms with Crippen molar-refractivity contribution >= 4 is 34.8 Å². The number of carbonyl (C=O) groups is 2. The minimum Gasteiger partial charge on any atom is -0.375 e. The minimum absolute atomic E-state index is 0.00238. The molecule has 20 heavy (non-hydrogen) atoms. The Morgan fingerprint density at radius 1 is 1.15 bits per heavy atom. The van der Waals surface area contributed by atoms with Crippen molar-refractivity contribution < 1.29 is 14.3 Å². The molecule has 1 rings (SSSR count). The fourth-order valence-corrected chi connectivity index (χ4v) is 1.45. The van der Waals surface area contributed by atoms with Gasteiger partial charge < -0.3 is 15.4 Å². The molecule has 1 aromatic rings. The lowest BCUT2D eigenvalue weighted by molar-refractivity contribution is -0.123. The average Bonchev–Trinajstić information content (AvgIpc) is 2.41. The summed E-state index contributed by atoms with van der Waals surface area (Å²) < 4.78 is 4.72. The van der Waals surface area contributed by atoms with Gasteiger partial charge in [-0.05, 0) is 38.1 Å². The van der Waals surface area contributed by atoms with E-state index < -0.39 is 5.41 Å². The van der Waals surface area contributed by atoms with Gasteiger partial charge in [0, 0.05) is 24.4 Å². The fraction of sp³-hybridized carbons (Fsp3) is 0.429. The number of anilines is 2. The normalized spacial score (nSPS) is 11.0. The SMILES string of the molecule is COCC(=O)Nc1ccc(NC(=O)C(C)(C)CCl)cc1. The van der Waals surface area contributed by atoms with E-state index in [0.29, 0.717) is 11.4 Å². The summed E-state index contributed by atoms with van der Waals surface area (Å²) in [7, 11) is 1.46. The van der Waals surface area contributed by atoms with E-state index in [1.54, 1.807) is 38.1 Å². The van der Waals surface area contributed by atoms with Crippen LogP contribution in [-0.2, 0) is 14.3 Å². The van der Waals surface area contributed by atoms with Crippen molar-refractivity contribution in [2.75, 3.05) is 30.2 Å². The van der Waals surface area contributed by atoms with Gasteiger partial charge in [-0.3, -0.25) is 9.59 Å². The predicted octanol–water partition coefficient (Wildman–Crippen LogP) is 2.48. The summed E-state index contributed by atoms with van der Waals surface area (Å²) in [6, 6.07) is 6.84. The largest absolute Gasteiger partial charge is 0.375 e. The lowest BCUT2D eigenvalue weighted by Crippen LogP contribution is -2.32. The van der Waals surface area contributed by atoms with Crippen molar-refractivity contribution in [3.8, 4) is 0 Å². The monoisotopic (exact) mass is 298 g/mol. The molecule has 1 aromatic carbocycles. The molecule has 2 amide bonds. The van der Waals surface area contributed by atoms with E-state index in [1.807, 2.05) is 0 Å². The summed E-state index contributed by atoms with van der Waals surface area (Å²) in [5, 5.41) is 5.45. The molecule has 0 heterocycles. The highest BCUT2D eigenvalue weighted by molar-refractivity contribution is 6.20. The Hall–Kier alpha value is -1.59. The third kappa shape index (κ3) is 4.83. The van der Waals surface area contributed by atoms with Gasteiger partial charge in [-0.25, -0.2) is 0 Å². The van der Waals surface area contributed by atoms with Gasteiger partial charge >= 0.3 is 0 Å². The number of nitrogens with one attached hydrogen (secondary N) is 2. The van der Waals surface area contributed by atoms with Crippen LogP contribution in [0.2, 0.25) is 0 Å². The molecule has 110 valence electrons. The molecule has 0 aliphatic heterocycles. The van der Waals surface area contributed by atoms with Crippen LogP contribution in [0.15, 0.2) is 24.3 Å². The van der Waals surface area contributed by atoms with Crippen LogP contribution < -0.4 is 10.6 Å². The first-order valence-electron chi connectivity index (χ1n) is 6.15. The van der Waals surface area contributed by atoms with Gasteiger partial charge in [-0.1, -0.05) is 0 Å². The molecular formula is C14H19ClN2O3. The van der Waals surface area contributed by atoms with E-state index in [2.05, 4.69) is 10.6 Å². The molecule has 0 atom stereocenters. The van der Waals surface area contributed by atoms with Crippen LogP contribution >= 0.6 is 11.6 Å². The maximum Gasteiger partial charge on any atom is 0.250 e. The van der Waals surface area contributed by atoms with Gasteiger partial charge in [-0.2, -0.15) is 0 Å². The maximum absolute atomic E-state index is 11.9. The fourth-order valence-electron chi connectivity index (χ4n) is 1.33. The van der Waals surface area contributed by atoms with Crippen LogP contribution in [0.25, 0.3) is 0 Å². The zero-order valence-corrected chi connectivity index (χ0v) is 12.6. The van der Waals surface area contributed by atoms with Crippen molar-refractivity contribution in [1.82, 2.24) is 0 Å². The number of rotatable bonds is 6. The number of hydrogen-bond acceptors (Lipinski definition) is 3. The number of carbonyl (C=O) groups excluding carboxylic acids is 2. The zero-order valence-electron chi connectivity index (χ0n) is 11.8. The van der Waals surface area contributed by atoms with Gasteiger partial charge in [-0.15, -0.1) is 11.6 Å². The van der Waals surface area contributed by atoms with E-state index in [0.717, 1.165) is 0 Å². The molecule has 0 aliphatic rings. The molecule has 0 aromatic heterocycles. The molecular weight excluding hydrogens is 280 g/mol. The number of benzene rings is 1. The lowest BCUT2D eigenvalue weighted by Gasteiger charge is -2.20. The van der Waals surface area contributed by atoms with Gasteiger partial charge in [0.2, 0.25) is 11.8 Å². The predicted molar refractivity (Wildman–Crippen MR) is 80.1 cm³/mol. The van der Waals surface area contributed by atoms with Crippen molar-refractivity contribution in [3.05, 3.63) is 24.3 Å². The van der Waals surface area contributed by atoms with Crippen LogP contribution in [0.4, 0.5) is 11.4 Å². The zero-order chi connectivity index (χ0) is 15.2. The summed E-state index contributed by atoms with van der Waals surface area (Å²) in [6.07, 6.45) is 0. The first-order valence-corrected chi connectivity index (χ1v) is 6.69. The molecule has 6 heteroatoms. The molecule has 0 saturated heterocycles. The summed E-state index contributed by atoms with van der Waals surface area (Å²) in [5.74, 6) is -0.138. The number of halogens is 1. The van der Waals surface area contributed by atoms with Crippen LogP contribution in [0.1, 0.15) is 13.8 Å². The molecule has 0 bridgehead atoms. The Morgan fingerprint density at radius 3 is 2.10 bits per heavy atom. The van der Waals surface area contributed by atoms with Gasteiger partial charge in [0.05, 0.1) is 5.41 Å². The maximum atomic E-state index is 11.9. The van der Waals surface area contributed by atoms with Crippen LogP contribution in [0.5, 0.6) is 0 Å². The summed E-state index contributed by atoms with van der Waals surface area (Å²) >= 11 is 5.75. The van der Waals surface area contributed by atoms with E-state index in [4.69, 9.17) is 16.3 Å². The van der Waals surface area contributed by atoms with E-state index in [9.17, 15) is 9.59 Å². The average molecular weight is 299 g/mol. The lowest BCUT2D eigenvalue weighted by atomic mass is 9.95.